The van der Waals surface area contributed by atoms with Crippen molar-refractivity contribution in [3.8, 4) is 5.75 Å². The van der Waals surface area contributed by atoms with Gasteiger partial charge >= 0.3 is 0 Å². The molecule has 1 aromatic rings. The number of alkyl halides is 1. The third kappa shape index (κ3) is 5.36. The van der Waals surface area contributed by atoms with E-state index in [-0.39, 0.29) is 11.8 Å². The number of benzene rings is 1. The van der Waals surface area contributed by atoms with E-state index < -0.39 is 6.10 Å². The van der Waals surface area contributed by atoms with Crippen LogP contribution in [0.15, 0.2) is 24.3 Å². The molecule has 1 unspecified atom stereocenters. The van der Waals surface area contributed by atoms with Crippen LogP contribution in [0.25, 0.3) is 0 Å². The molecule has 1 saturated heterocycles. The normalized spacial score (nSPS) is 16.0. The van der Waals surface area contributed by atoms with Crippen molar-refractivity contribution in [2.45, 2.75) is 39.2 Å². The van der Waals surface area contributed by atoms with E-state index in [2.05, 4.69) is 13.8 Å². The van der Waals surface area contributed by atoms with Crippen molar-refractivity contribution in [1.29, 1.82) is 0 Å². The Morgan fingerprint density at radius 3 is 2.12 bits per heavy atom. The average Bonchev–Trinajstić information content (AvgIpc) is 2.61. The molecule has 1 fully saturated rings. The molecule has 6 heteroatoms. The van der Waals surface area contributed by atoms with Gasteiger partial charge in [-0.05, 0) is 30.5 Å². The molecule has 1 aliphatic rings. The minimum absolute atomic E-state index is 0.0441. The van der Waals surface area contributed by atoms with E-state index in [9.17, 15) is 9.59 Å². The van der Waals surface area contributed by atoms with E-state index in [1.165, 1.54) is 5.56 Å². The smallest absolute Gasteiger partial charge is 0.263 e. The Bertz CT molecular complexity index is 581. The predicted octanol–water partition coefficient (Wildman–Crippen LogP) is 2.88. The number of amides is 2. The number of hydrogen-bond donors (Lipinski definition) is 0. The lowest BCUT2D eigenvalue weighted by Gasteiger charge is -2.35. The molecule has 0 spiro atoms. The van der Waals surface area contributed by atoms with Gasteiger partial charge in [0.2, 0.25) is 5.91 Å². The van der Waals surface area contributed by atoms with Crippen molar-refractivity contribution in [2.75, 3.05) is 32.1 Å². The lowest BCUT2D eigenvalue weighted by Crippen LogP contribution is -2.53. The quantitative estimate of drug-likeness (QED) is 0.727. The fourth-order valence-electron chi connectivity index (χ4n) is 2.86. The molecule has 0 bridgehead atoms. The maximum Gasteiger partial charge on any atom is 0.263 e. The van der Waals surface area contributed by atoms with Gasteiger partial charge in [-0.2, -0.15) is 0 Å². The highest BCUT2D eigenvalue weighted by Gasteiger charge is 2.27. The summed E-state index contributed by atoms with van der Waals surface area (Å²) in [6.45, 7) is 8.22. The number of ether oxygens (including phenoxy) is 1. The molecule has 25 heavy (non-hydrogen) atoms. The summed E-state index contributed by atoms with van der Waals surface area (Å²) >= 11 is 5.61. The van der Waals surface area contributed by atoms with Crippen molar-refractivity contribution in [3.63, 3.8) is 0 Å². The first-order valence-electron chi connectivity index (χ1n) is 8.81. The van der Waals surface area contributed by atoms with Crippen LogP contribution in [-0.4, -0.2) is 59.8 Å². The number of nitrogens with zero attached hydrogens (tertiary/aromatic N) is 2. The lowest BCUT2D eigenvalue weighted by atomic mass is 10.0. The van der Waals surface area contributed by atoms with Crippen LogP contribution in [0.4, 0.5) is 0 Å². The summed E-state index contributed by atoms with van der Waals surface area (Å²) in [7, 11) is 0. The zero-order chi connectivity index (χ0) is 18.4. The second kappa shape index (κ2) is 9.09. The molecule has 0 saturated carbocycles. The first kappa shape index (κ1) is 19.6. The van der Waals surface area contributed by atoms with Gasteiger partial charge in [0.1, 0.15) is 5.75 Å². The van der Waals surface area contributed by atoms with E-state index in [1.807, 2.05) is 24.3 Å². The number of carbonyl (C=O) groups is 2. The number of carbonyl (C=O) groups excluding carboxylic acids is 2. The van der Waals surface area contributed by atoms with Gasteiger partial charge in [-0.1, -0.05) is 26.0 Å². The average molecular weight is 367 g/mol. The third-order valence-electron chi connectivity index (χ3n) is 4.46. The molecule has 0 aliphatic carbocycles. The van der Waals surface area contributed by atoms with Crippen LogP contribution in [0.2, 0.25) is 0 Å². The Kier molecular flexibility index (Phi) is 7.12. The monoisotopic (exact) mass is 366 g/mol. The van der Waals surface area contributed by atoms with Crippen molar-refractivity contribution in [3.05, 3.63) is 29.8 Å². The summed E-state index contributed by atoms with van der Waals surface area (Å²) in [6.07, 6.45) is -0.198. The van der Waals surface area contributed by atoms with Crippen LogP contribution in [0.1, 0.15) is 38.7 Å². The van der Waals surface area contributed by atoms with Crippen molar-refractivity contribution in [1.82, 2.24) is 9.80 Å². The summed E-state index contributed by atoms with van der Waals surface area (Å²) in [4.78, 5) is 27.9. The molecular formula is C19H27ClN2O3. The van der Waals surface area contributed by atoms with E-state index >= 15 is 0 Å². The maximum atomic E-state index is 12.6. The minimum atomic E-state index is -0.546. The van der Waals surface area contributed by atoms with Crippen molar-refractivity contribution >= 4 is 23.4 Å². The van der Waals surface area contributed by atoms with Crippen LogP contribution in [0.3, 0.4) is 0 Å². The number of halogens is 1. The standard InChI is InChI=1S/C19H27ClN2O3/c1-14(2)16-4-6-17(7-5-16)25-15(3)19(24)22-12-10-21(11-13-22)18(23)8-9-20/h4-7,14-15H,8-13H2,1-3H3. The number of hydrogen-bond acceptors (Lipinski definition) is 3. The summed E-state index contributed by atoms with van der Waals surface area (Å²) in [5, 5.41) is 0. The molecule has 0 radical (unpaired) electrons. The maximum absolute atomic E-state index is 12.6. The fraction of sp³-hybridized carbons (Fsp3) is 0.579. The predicted molar refractivity (Wildman–Crippen MR) is 99.1 cm³/mol. The van der Waals surface area contributed by atoms with E-state index in [4.69, 9.17) is 16.3 Å². The fourth-order valence-corrected chi connectivity index (χ4v) is 3.02. The zero-order valence-electron chi connectivity index (χ0n) is 15.2. The first-order chi connectivity index (χ1) is 11.9. The molecule has 1 heterocycles. The van der Waals surface area contributed by atoms with E-state index in [0.29, 0.717) is 50.1 Å². The van der Waals surface area contributed by atoms with Gasteiger partial charge in [0.05, 0.1) is 0 Å². The highest BCUT2D eigenvalue weighted by atomic mass is 35.5. The Hall–Kier alpha value is -1.75. The number of rotatable bonds is 6. The van der Waals surface area contributed by atoms with Gasteiger partial charge in [0, 0.05) is 38.5 Å². The molecule has 5 nitrogen and oxygen atoms in total. The Morgan fingerprint density at radius 1 is 1.04 bits per heavy atom. The van der Waals surface area contributed by atoms with Crippen LogP contribution < -0.4 is 4.74 Å². The molecule has 2 rings (SSSR count). The highest BCUT2D eigenvalue weighted by molar-refractivity contribution is 6.18. The van der Waals surface area contributed by atoms with E-state index in [1.54, 1.807) is 16.7 Å². The van der Waals surface area contributed by atoms with Gasteiger partial charge in [-0.25, -0.2) is 0 Å². The summed E-state index contributed by atoms with van der Waals surface area (Å²) < 4.78 is 5.79. The SMILES string of the molecule is CC(Oc1ccc(C(C)C)cc1)C(=O)N1CCN(C(=O)CCCl)CC1. The van der Waals surface area contributed by atoms with Crippen LogP contribution in [0.5, 0.6) is 5.75 Å². The van der Waals surface area contributed by atoms with Gasteiger partial charge in [0.15, 0.2) is 6.10 Å². The molecule has 2 amide bonds. The highest BCUT2D eigenvalue weighted by Crippen LogP contribution is 2.20. The lowest BCUT2D eigenvalue weighted by molar-refractivity contribution is -0.143. The van der Waals surface area contributed by atoms with Gasteiger partial charge < -0.3 is 14.5 Å². The molecular weight excluding hydrogens is 340 g/mol. The van der Waals surface area contributed by atoms with Crippen molar-refractivity contribution < 1.29 is 14.3 Å². The van der Waals surface area contributed by atoms with Gasteiger partial charge in [-0.3, -0.25) is 9.59 Å². The first-order valence-corrected chi connectivity index (χ1v) is 9.35. The molecule has 1 aliphatic heterocycles. The summed E-state index contributed by atoms with van der Waals surface area (Å²) in [6, 6.07) is 7.86. The largest absolute Gasteiger partial charge is 0.481 e. The summed E-state index contributed by atoms with van der Waals surface area (Å²) in [5.74, 6) is 1.50. The molecule has 138 valence electrons. The molecule has 1 aromatic carbocycles. The topological polar surface area (TPSA) is 49.9 Å². The van der Waals surface area contributed by atoms with Crippen LogP contribution in [0, 0.1) is 0 Å². The second-order valence-electron chi connectivity index (χ2n) is 6.63. The van der Waals surface area contributed by atoms with E-state index in [0.717, 1.165) is 0 Å². The Balaban J connectivity index is 1.85. The second-order valence-corrected chi connectivity index (χ2v) is 7.01. The van der Waals surface area contributed by atoms with Crippen LogP contribution in [-0.2, 0) is 9.59 Å². The zero-order valence-corrected chi connectivity index (χ0v) is 16.0. The van der Waals surface area contributed by atoms with Gasteiger partial charge in [-0.15, -0.1) is 11.6 Å². The molecule has 0 aromatic heterocycles. The Labute approximate surface area is 154 Å². The number of piperazine rings is 1. The third-order valence-corrected chi connectivity index (χ3v) is 4.65. The summed E-state index contributed by atoms with van der Waals surface area (Å²) in [5.41, 5.74) is 1.24. The molecule has 1 atom stereocenters. The van der Waals surface area contributed by atoms with Crippen molar-refractivity contribution in [2.24, 2.45) is 0 Å². The van der Waals surface area contributed by atoms with Gasteiger partial charge in [0.25, 0.3) is 5.91 Å². The molecule has 0 N–H and O–H groups in total. The minimum Gasteiger partial charge on any atom is -0.481 e. The van der Waals surface area contributed by atoms with Crippen LogP contribution >= 0.6 is 11.6 Å². The Morgan fingerprint density at radius 2 is 1.60 bits per heavy atom.